The first-order valence-corrected chi connectivity index (χ1v) is 9.87. The summed E-state index contributed by atoms with van der Waals surface area (Å²) in [6.07, 6.45) is -4.57. The van der Waals surface area contributed by atoms with Crippen LogP contribution in [0.3, 0.4) is 0 Å². The van der Waals surface area contributed by atoms with Gasteiger partial charge in [-0.25, -0.2) is 0 Å². The summed E-state index contributed by atoms with van der Waals surface area (Å²) in [5.41, 5.74) is -0.648. The number of carbonyl (C=O) groups excluding carboxylic acids is 2. The highest BCUT2D eigenvalue weighted by molar-refractivity contribution is 8.01. The Kier molecular flexibility index (Phi) is 7.95. The number of hydrogen-bond acceptors (Lipinski definition) is 4. The quantitative estimate of drug-likeness (QED) is 0.636. The minimum absolute atomic E-state index is 0.0251. The molecule has 0 aromatic heterocycles. The Morgan fingerprint density at radius 2 is 1.72 bits per heavy atom. The summed E-state index contributed by atoms with van der Waals surface area (Å²) < 4.78 is 44.4. The van der Waals surface area contributed by atoms with Gasteiger partial charge in [-0.3, -0.25) is 9.59 Å². The Labute approximate surface area is 171 Å². The average Bonchev–Trinajstić information content (AvgIpc) is 2.67. The van der Waals surface area contributed by atoms with Crippen LogP contribution in [0.15, 0.2) is 48.5 Å². The summed E-state index contributed by atoms with van der Waals surface area (Å²) in [7, 11) is 0. The molecule has 0 saturated carbocycles. The fourth-order valence-electron chi connectivity index (χ4n) is 2.35. The summed E-state index contributed by atoms with van der Waals surface area (Å²) in [6, 6.07) is 11.6. The predicted octanol–water partition coefficient (Wildman–Crippen LogP) is 4.80. The summed E-state index contributed by atoms with van der Waals surface area (Å²) in [5, 5.41) is 4.25. The lowest BCUT2D eigenvalue weighted by atomic mass is 10.1. The summed E-state index contributed by atoms with van der Waals surface area (Å²) >= 11 is 1.03. The van der Waals surface area contributed by atoms with Crippen LogP contribution in [0, 0.1) is 0 Å². The number of anilines is 2. The van der Waals surface area contributed by atoms with Gasteiger partial charge in [0, 0.05) is 5.69 Å². The Balaban J connectivity index is 1.86. The van der Waals surface area contributed by atoms with E-state index >= 15 is 0 Å². The normalized spacial score (nSPS) is 12.2. The second-order valence-corrected chi connectivity index (χ2v) is 7.32. The molecule has 2 N–H and O–H groups in total. The monoisotopic (exact) mass is 426 g/mol. The maximum Gasteiger partial charge on any atom is 0.418 e. The van der Waals surface area contributed by atoms with E-state index in [1.165, 1.54) is 25.1 Å². The lowest BCUT2D eigenvalue weighted by Crippen LogP contribution is -2.26. The Bertz CT molecular complexity index is 842. The molecule has 1 atom stereocenters. The van der Waals surface area contributed by atoms with Crippen molar-refractivity contribution in [3.05, 3.63) is 54.1 Å². The highest BCUT2D eigenvalue weighted by Gasteiger charge is 2.33. The van der Waals surface area contributed by atoms with Gasteiger partial charge in [0.15, 0.2) is 0 Å². The van der Waals surface area contributed by atoms with Gasteiger partial charge in [-0.1, -0.05) is 12.1 Å². The number of ether oxygens (including phenoxy) is 1. The number of para-hydroxylation sites is 1. The molecule has 0 fully saturated rings. The molecule has 5 nitrogen and oxygen atoms in total. The number of halogens is 3. The van der Waals surface area contributed by atoms with Crippen LogP contribution in [0.1, 0.15) is 19.4 Å². The van der Waals surface area contributed by atoms with Gasteiger partial charge in [0.05, 0.1) is 28.9 Å². The zero-order valence-corrected chi connectivity index (χ0v) is 16.7. The number of rotatable bonds is 8. The molecule has 0 aliphatic carbocycles. The van der Waals surface area contributed by atoms with Gasteiger partial charge in [-0.2, -0.15) is 13.2 Å². The topological polar surface area (TPSA) is 67.4 Å². The fraction of sp³-hybridized carbons (Fsp3) is 0.300. The molecule has 0 spiro atoms. The van der Waals surface area contributed by atoms with Crippen molar-refractivity contribution >= 4 is 35.0 Å². The molecule has 156 valence electrons. The van der Waals surface area contributed by atoms with Crippen LogP contribution in [0.5, 0.6) is 5.75 Å². The zero-order valence-electron chi connectivity index (χ0n) is 15.9. The molecule has 2 aromatic rings. The molecule has 0 saturated heterocycles. The second-order valence-electron chi connectivity index (χ2n) is 5.99. The zero-order chi connectivity index (χ0) is 21.4. The highest BCUT2D eigenvalue weighted by atomic mass is 32.2. The van der Waals surface area contributed by atoms with Crippen molar-refractivity contribution < 1.29 is 27.5 Å². The molecule has 0 radical (unpaired) electrons. The van der Waals surface area contributed by atoms with Crippen molar-refractivity contribution in [1.29, 1.82) is 0 Å². The van der Waals surface area contributed by atoms with Crippen molar-refractivity contribution in [1.82, 2.24) is 0 Å². The minimum Gasteiger partial charge on any atom is -0.494 e. The SMILES string of the molecule is CCOc1ccc(NC(=O)CSC(C)C(=O)Nc2ccccc2C(F)(F)F)cc1. The summed E-state index contributed by atoms with van der Waals surface area (Å²) in [6.45, 7) is 3.93. The number of carbonyl (C=O) groups is 2. The molecule has 1 unspecified atom stereocenters. The standard InChI is InChI=1S/C20H21F3N2O3S/c1-3-28-15-10-8-14(9-11-15)24-18(26)12-29-13(2)19(27)25-17-7-5-4-6-16(17)20(21,22)23/h4-11,13H,3,12H2,1-2H3,(H,24,26)(H,25,27). The molecule has 29 heavy (non-hydrogen) atoms. The van der Waals surface area contributed by atoms with Gasteiger partial charge >= 0.3 is 6.18 Å². The number of alkyl halides is 3. The van der Waals surface area contributed by atoms with Crippen molar-refractivity contribution in [3.63, 3.8) is 0 Å². The lowest BCUT2D eigenvalue weighted by molar-refractivity contribution is -0.137. The first-order chi connectivity index (χ1) is 13.7. The molecular weight excluding hydrogens is 405 g/mol. The van der Waals surface area contributed by atoms with Crippen molar-refractivity contribution in [2.75, 3.05) is 23.0 Å². The molecule has 9 heteroatoms. The van der Waals surface area contributed by atoms with Crippen LogP contribution in [0.2, 0.25) is 0 Å². The van der Waals surface area contributed by atoms with Crippen LogP contribution in [0.4, 0.5) is 24.5 Å². The average molecular weight is 426 g/mol. The van der Waals surface area contributed by atoms with E-state index in [0.717, 1.165) is 17.8 Å². The van der Waals surface area contributed by atoms with E-state index in [1.807, 2.05) is 6.92 Å². The van der Waals surface area contributed by atoms with E-state index in [-0.39, 0.29) is 17.3 Å². The van der Waals surface area contributed by atoms with Crippen LogP contribution < -0.4 is 15.4 Å². The molecule has 0 aliphatic rings. The van der Waals surface area contributed by atoms with Gasteiger partial charge in [0.1, 0.15) is 5.75 Å². The van der Waals surface area contributed by atoms with Gasteiger partial charge in [-0.15, -0.1) is 11.8 Å². The van der Waals surface area contributed by atoms with E-state index in [2.05, 4.69) is 10.6 Å². The van der Waals surface area contributed by atoms with Gasteiger partial charge in [-0.05, 0) is 50.2 Å². The van der Waals surface area contributed by atoms with Gasteiger partial charge < -0.3 is 15.4 Å². The van der Waals surface area contributed by atoms with Gasteiger partial charge in [0.2, 0.25) is 11.8 Å². The van der Waals surface area contributed by atoms with Gasteiger partial charge in [0.25, 0.3) is 0 Å². The molecule has 2 rings (SSSR count). The number of nitrogens with one attached hydrogen (secondary N) is 2. The summed E-state index contributed by atoms with van der Waals surface area (Å²) in [5.74, 6) is -0.276. The van der Waals surface area contributed by atoms with E-state index in [1.54, 1.807) is 24.3 Å². The number of benzene rings is 2. The number of thioether (sulfide) groups is 1. The van der Waals surface area contributed by atoms with E-state index in [0.29, 0.717) is 18.0 Å². The van der Waals surface area contributed by atoms with E-state index in [4.69, 9.17) is 4.74 Å². The Morgan fingerprint density at radius 1 is 1.07 bits per heavy atom. The Hall–Kier alpha value is -2.68. The Morgan fingerprint density at radius 3 is 2.34 bits per heavy atom. The largest absolute Gasteiger partial charge is 0.494 e. The minimum atomic E-state index is -4.57. The third-order valence-electron chi connectivity index (χ3n) is 3.77. The maximum absolute atomic E-state index is 13.0. The van der Waals surface area contributed by atoms with Crippen molar-refractivity contribution in [2.45, 2.75) is 25.3 Å². The highest BCUT2D eigenvalue weighted by Crippen LogP contribution is 2.34. The van der Waals surface area contributed by atoms with Crippen molar-refractivity contribution in [3.8, 4) is 5.75 Å². The van der Waals surface area contributed by atoms with Crippen LogP contribution in [-0.4, -0.2) is 29.4 Å². The van der Waals surface area contributed by atoms with E-state index in [9.17, 15) is 22.8 Å². The smallest absolute Gasteiger partial charge is 0.418 e. The molecule has 0 bridgehead atoms. The first kappa shape index (κ1) is 22.6. The molecule has 0 aliphatic heterocycles. The molecule has 2 aromatic carbocycles. The van der Waals surface area contributed by atoms with Crippen LogP contribution in [-0.2, 0) is 15.8 Å². The molecular formula is C20H21F3N2O3S. The third kappa shape index (κ3) is 7.01. The van der Waals surface area contributed by atoms with Crippen LogP contribution >= 0.6 is 11.8 Å². The number of hydrogen-bond donors (Lipinski definition) is 2. The molecule has 2 amide bonds. The maximum atomic E-state index is 13.0. The summed E-state index contributed by atoms with van der Waals surface area (Å²) in [4.78, 5) is 24.3. The number of amides is 2. The lowest BCUT2D eigenvalue weighted by Gasteiger charge is -2.16. The van der Waals surface area contributed by atoms with E-state index < -0.39 is 22.9 Å². The van der Waals surface area contributed by atoms with Crippen LogP contribution in [0.25, 0.3) is 0 Å². The first-order valence-electron chi connectivity index (χ1n) is 8.82. The van der Waals surface area contributed by atoms with Crippen molar-refractivity contribution in [2.24, 2.45) is 0 Å². The second kappa shape index (κ2) is 10.2. The molecule has 0 heterocycles. The third-order valence-corrected chi connectivity index (χ3v) is 4.92. The predicted molar refractivity (Wildman–Crippen MR) is 108 cm³/mol. The fourth-order valence-corrected chi connectivity index (χ4v) is 3.03.